The van der Waals surface area contributed by atoms with Crippen LogP contribution in [0.2, 0.25) is 0 Å². The van der Waals surface area contributed by atoms with Gasteiger partial charge in [0.15, 0.2) is 0 Å². The Kier molecular flexibility index (Phi) is 9.58. The smallest absolute Gasteiger partial charge is 0.309 e. The number of aromatic nitrogens is 1. The lowest BCUT2D eigenvalue weighted by molar-refractivity contribution is -0.159. The topological polar surface area (TPSA) is 94.6 Å². The average Bonchev–Trinajstić information content (AvgIpc) is 3.42. The predicted molar refractivity (Wildman–Crippen MR) is 159 cm³/mol. The van der Waals surface area contributed by atoms with Gasteiger partial charge in [0.25, 0.3) is 0 Å². The Hall–Kier alpha value is -4.00. The fraction of sp³-hybridized carbons (Fsp3) is 0.412. The normalized spacial score (nSPS) is 15.1. The highest BCUT2D eigenvalue weighted by molar-refractivity contribution is 6.00. The van der Waals surface area contributed by atoms with E-state index in [0.29, 0.717) is 24.9 Å². The first kappa shape index (κ1) is 30.0. The largest absolute Gasteiger partial charge is 0.461 e. The fourth-order valence-electron chi connectivity index (χ4n) is 5.26. The number of esters is 2. The monoisotopic (exact) mass is 556 g/mol. The Morgan fingerprint density at radius 2 is 1.66 bits per heavy atom. The minimum absolute atomic E-state index is 0.0277. The van der Waals surface area contributed by atoms with E-state index in [-0.39, 0.29) is 36.8 Å². The molecule has 1 saturated carbocycles. The second kappa shape index (κ2) is 13.1. The van der Waals surface area contributed by atoms with Crippen LogP contribution in [0.5, 0.6) is 0 Å². The van der Waals surface area contributed by atoms with Gasteiger partial charge in [-0.3, -0.25) is 19.4 Å². The molecule has 1 atom stereocenters. The summed E-state index contributed by atoms with van der Waals surface area (Å²) in [5.74, 6) is -1.20. The van der Waals surface area contributed by atoms with Gasteiger partial charge in [-0.05, 0) is 69.4 Å². The molecule has 1 heterocycles. The van der Waals surface area contributed by atoms with Crippen molar-refractivity contribution in [1.82, 2.24) is 4.98 Å². The van der Waals surface area contributed by atoms with Crippen LogP contribution in [0.3, 0.4) is 0 Å². The van der Waals surface area contributed by atoms with Gasteiger partial charge < -0.3 is 14.8 Å². The van der Waals surface area contributed by atoms with E-state index < -0.39 is 11.0 Å². The van der Waals surface area contributed by atoms with Crippen molar-refractivity contribution >= 4 is 23.5 Å². The van der Waals surface area contributed by atoms with Gasteiger partial charge in [-0.2, -0.15) is 0 Å². The zero-order valence-corrected chi connectivity index (χ0v) is 24.4. The summed E-state index contributed by atoms with van der Waals surface area (Å²) < 4.78 is 11.1. The molecule has 3 aromatic rings. The van der Waals surface area contributed by atoms with Gasteiger partial charge in [-0.25, -0.2) is 0 Å². The maximum atomic E-state index is 13.9. The number of ether oxygens (including phenoxy) is 2. The fourth-order valence-corrected chi connectivity index (χ4v) is 5.26. The molecular weight excluding hydrogens is 516 g/mol. The molecule has 0 saturated heterocycles. The summed E-state index contributed by atoms with van der Waals surface area (Å²) in [5.41, 5.74) is 2.49. The van der Waals surface area contributed by atoms with Gasteiger partial charge in [-0.15, -0.1) is 0 Å². The molecule has 0 aliphatic heterocycles. The number of nitrogens with zero attached hydrogens (tertiary/aromatic N) is 1. The number of carbonyl (C=O) groups excluding carboxylic acids is 3. The number of carbonyl (C=O) groups is 3. The molecule has 2 aromatic carbocycles. The number of hydrogen-bond acceptors (Lipinski definition) is 6. The Morgan fingerprint density at radius 1 is 0.951 bits per heavy atom. The molecule has 1 aromatic heterocycles. The van der Waals surface area contributed by atoms with Crippen LogP contribution in [0.15, 0.2) is 72.9 Å². The van der Waals surface area contributed by atoms with E-state index in [4.69, 9.17) is 9.47 Å². The molecule has 1 aliphatic rings. The van der Waals surface area contributed by atoms with Gasteiger partial charge in [-0.1, -0.05) is 68.3 Å². The maximum Gasteiger partial charge on any atom is 0.309 e. The SMILES string of the molecule is CC(Cc1ccc(-c2ccccn2)c(NC(=O)C2(CC(=O)OCc3ccccc3)CCCC2)c1)C(=O)OC(C)(C)C. The number of rotatable bonds is 10. The summed E-state index contributed by atoms with van der Waals surface area (Å²) in [6.07, 6.45) is 5.18. The van der Waals surface area contributed by atoms with Gasteiger partial charge in [0.05, 0.1) is 29.1 Å². The first-order valence-electron chi connectivity index (χ1n) is 14.3. The summed E-state index contributed by atoms with van der Waals surface area (Å²) in [7, 11) is 0. The van der Waals surface area contributed by atoms with Crippen LogP contribution >= 0.6 is 0 Å². The minimum Gasteiger partial charge on any atom is -0.461 e. The van der Waals surface area contributed by atoms with E-state index >= 15 is 0 Å². The third kappa shape index (κ3) is 8.26. The van der Waals surface area contributed by atoms with Crippen LogP contribution in [-0.2, 0) is 36.9 Å². The Morgan fingerprint density at radius 3 is 2.32 bits per heavy atom. The molecule has 41 heavy (non-hydrogen) atoms. The average molecular weight is 557 g/mol. The highest BCUT2D eigenvalue weighted by Crippen LogP contribution is 2.43. The lowest BCUT2D eigenvalue weighted by Gasteiger charge is -2.27. The zero-order valence-electron chi connectivity index (χ0n) is 24.4. The number of benzene rings is 2. The Labute approximate surface area is 242 Å². The van der Waals surface area contributed by atoms with Crippen molar-refractivity contribution in [3.63, 3.8) is 0 Å². The third-order valence-corrected chi connectivity index (χ3v) is 7.39. The van der Waals surface area contributed by atoms with E-state index in [2.05, 4.69) is 10.3 Å². The molecule has 0 bridgehead atoms. The van der Waals surface area contributed by atoms with Crippen molar-refractivity contribution < 1.29 is 23.9 Å². The second-order valence-corrected chi connectivity index (χ2v) is 12.0. The number of amides is 1. The van der Waals surface area contributed by atoms with Crippen molar-refractivity contribution in [2.45, 2.75) is 78.4 Å². The van der Waals surface area contributed by atoms with E-state index in [0.717, 1.165) is 35.2 Å². The van der Waals surface area contributed by atoms with Crippen LogP contribution in [-0.4, -0.2) is 28.4 Å². The number of pyridine rings is 1. The molecule has 4 rings (SSSR count). The van der Waals surface area contributed by atoms with Crippen LogP contribution in [0, 0.1) is 11.3 Å². The first-order valence-corrected chi connectivity index (χ1v) is 14.3. The molecule has 7 heteroatoms. The van der Waals surface area contributed by atoms with Crippen molar-refractivity contribution in [2.75, 3.05) is 5.32 Å². The molecule has 7 nitrogen and oxygen atoms in total. The van der Waals surface area contributed by atoms with E-state index in [1.165, 1.54) is 0 Å². The minimum atomic E-state index is -0.838. The molecule has 1 unspecified atom stereocenters. The number of nitrogens with one attached hydrogen (secondary N) is 1. The molecule has 1 amide bonds. The number of anilines is 1. The lowest BCUT2D eigenvalue weighted by atomic mass is 9.81. The van der Waals surface area contributed by atoms with E-state index in [1.807, 2.05) is 94.4 Å². The van der Waals surface area contributed by atoms with E-state index in [1.54, 1.807) is 6.20 Å². The predicted octanol–water partition coefficient (Wildman–Crippen LogP) is 6.90. The summed E-state index contributed by atoms with van der Waals surface area (Å²) in [4.78, 5) is 43.9. The zero-order chi connectivity index (χ0) is 29.5. The standard InChI is InChI=1S/C34H40N2O5/c1-24(31(38)41-33(2,3)4)20-26-15-16-27(28-14-8-11-19-35-28)29(21-26)36-32(39)34(17-9-10-18-34)22-30(37)40-23-25-12-6-5-7-13-25/h5-8,11-16,19,21,24H,9-10,17-18,20,22-23H2,1-4H3,(H,36,39). The third-order valence-electron chi connectivity index (χ3n) is 7.39. The summed E-state index contributed by atoms with van der Waals surface area (Å²) in [6, 6.07) is 20.9. The van der Waals surface area contributed by atoms with Crippen LogP contribution in [0.4, 0.5) is 5.69 Å². The first-order chi connectivity index (χ1) is 19.5. The Balaban J connectivity index is 1.54. The van der Waals surface area contributed by atoms with Crippen molar-refractivity contribution in [3.05, 3.63) is 84.1 Å². The van der Waals surface area contributed by atoms with Crippen molar-refractivity contribution in [2.24, 2.45) is 11.3 Å². The van der Waals surface area contributed by atoms with Gasteiger partial charge in [0.2, 0.25) is 5.91 Å². The van der Waals surface area contributed by atoms with Gasteiger partial charge in [0, 0.05) is 11.8 Å². The summed E-state index contributed by atoms with van der Waals surface area (Å²) >= 11 is 0. The second-order valence-electron chi connectivity index (χ2n) is 12.0. The molecular formula is C34H40N2O5. The van der Waals surface area contributed by atoms with Gasteiger partial charge in [0.1, 0.15) is 12.2 Å². The van der Waals surface area contributed by atoms with Crippen molar-refractivity contribution in [1.29, 1.82) is 0 Å². The molecule has 0 radical (unpaired) electrons. The van der Waals surface area contributed by atoms with Crippen LogP contribution in [0.25, 0.3) is 11.3 Å². The maximum absolute atomic E-state index is 13.9. The van der Waals surface area contributed by atoms with E-state index in [9.17, 15) is 14.4 Å². The molecule has 216 valence electrons. The van der Waals surface area contributed by atoms with Crippen LogP contribution < -0.4 is 5.32 Å². The Bertz CT molecular complexity index is 1340. The van der Waals surface area contributed by atoms with Crippen molar-refractivity contribution in [3.8, 4) is 11.3 Å². The molecule has 1 fully saturated rings. The quantitative estimate of drug-likeness (QED) is 0.273. The lowest BCUT2D eigenvalue weighted by Crippen LogP contribution is -2.36. The number of hydrogen-bond donors (Lipinski definition) is 1. The summed E-state index contributed by atoms with van der Waals surface area (Å²) in [6.45, 7) is 7.57. The highest BCUT2D eigenvalue weighted by atomic mass is 16.6. The highest BCUT2D eigenvalue weighted by Gasteiger charge is 2.43. The molecule has 0 spiro atoms. The summed E-state index contributed by atoms with van der Waals surface area (Å²) in [5, 5.41) is 3.15. The van der Waals surface area contributed by atoms with Crippen LogP contribution in [0.1, 0.15) is 70.9 Å². The molecule has 1 aliphatic carbocycles. The van der Waals surface area contributed by atoms with Gasteiger partial charge >= 0.3 is 11.9 Å². The molecule has 1 N–H and O–H groups in total.